The summed E-state index contributed by atoms with van der Waals surface area (Å²) in [5.41, 5.74) is 0.588. The highest BCUT2D eigenvalue weighted by molar-refractivity contribution is 5.80. The monoisotopic (exact) mass is 513 g/mol. The van der Waals surface area contributed by atoms with E-state index in [0.29, 0.717) is 24.3 Å². The van der Waals surface area contributed by atoms with Gasteiger partial charge in [-0.15, -0.1) is 0 Å². The minimum atomic E-state index is -4.54. The maximum Gasteiger partial charge on any atom is 0.419 e. The fourth-order valence-corrected chi connectivity index (χ4v) is 4.61. The number of alkyl halides is 3. The van der Waals surface area contributed by atoms with Gasteiger partial charge in [0.1, 0.15) is 18.1 Å². The number of rotatable bonds is 9. The number of piperidine rings is 1. The Morgan fingerprint density at radius 1 is 1.08 bits per heavy atom. The van der Waals surface area contributed by atoms with Gasteiger partial charge in [-0.25, -0.2) is 0 Å². The molecular weight excluding hydrogens is 483 g/mol. The summed E-state index contributed by atoms with van der Waals surface area (Å²) in [6, 6.07) is 17.4. The van der Waals surface area contributed by atoms with Gasteiger partial charge in [-0.1, -0.05) is 30.3 Å². The molecule has 196 valence electrons. The van der Waals surface area contributed by atoms with E-state index in [1.54, 1.807) is 24.3 Å². The lowest BCUT2D eigenvalue weighted by Gasteiger charge is -2.36. The highest BCUT2D eigenvalue weighted by Gasteiger charge is 2.35. The molecule has 0 spiro atoms. The van der Waals surface area contributed by atoms with Crippen LogP contribution in [0.25, 0.3) is 0 Å². The average molecular weight is 514 g/mol. The number of carbonyl (C=O) groups is 1. The average Bonchev–Trinajstić information content (AvgIpc) is 2.93. The summed E-state index contributed by atoms with van der Waals surface area (Å²) in [5.74, 6) is 0.0799. The van der Waals surface area contributed by atoms with Gasteiger partial charge in [0, 0.05) is 12.1 Å². The van der Waals surface area contributed by atoms with Crippen LogP contribution >= 0.6 is 0 Å². The van der Waals surface area contributed by atoms with Crippen molar-refractivity contribution in [3.05, 3.63) is 89.7 Å². The second-order valence-electron chi connectivity index (χ2n) is 8.83. The van der Waals surface area contributed by atoms with Crippen molar-refractivity contribution in [2.45, 2.75) is 25.1 Å². The summed E-state index contributed by atoms with van der Waals surface area (Å²) in [5, 5.41) is 3.27. The van der Waals surface area contributed by atoms with Crippen LogP contribution in [0.15, 0.2) is 72.9 Å². The van der Waals surface area contributed by atoms with Gasteiger partial charge >= 0.3 is 6.18 Å². The lowest BCUT2D eigenvalue weighted by molar-refractivity contribution is -0.141. The number of ether oxygens (including phenoxy) is 2. The first-order chi connectivity index (χ1) is 17.9. The second kappa shape index (κ2) is 12.1. The van der Waals surface area contributed by atoms with Crippen LogP contribution in [0.1, 0.15) is 35.7 Å². The molecule has 1 aliphatic heterocycles. The molecule has 4 rings (SSSR count). The van der Waals surface area contributed by atoms with Crippen molar-refractivity contribution in [3.8, 4) is 11.5 Å². The molecule has 1 aromatic heterocycles. The van der Waals surface area contributed by atoms with E-state index in [4.69, 9.17) is 9.47 Å². The molecule has 0 aliphatic carbocycles. The van der Waals surface area contributed by atoms with Crippen molar-refractivity contribution in [2.24, 2.45) is 5.92 Å². The lowest BCUT2D eigenvalue weighted by Crippen LogP contribution is -2.45. The molecule has 9 heteroatoms. The third kappa shape index (κ3) is 6.60. The first kappa shape index (κ1) is 26.5. The molecule has 0 radical (unpaired) electrons. The standard InChI is InChI=1S/C28H30F3N3O3/c1-36-22-8-6-7-21(19-22)26(24-10-4-5-14-33-24)34(27(35)20-12-15-32-16-13-20)17-18-37-25-11-3-2-9-23(25)28(29,30)31/h2-11,14,19-20,26,32H,12-13,15-18H2,1H3. The Morgan fingerprint density at radius 2 is 1.84 bits per heavy atom. The number of benzene rings is 2. The highest BCUT2D eigenvalue weighted by atomic mass is 19.4. The number of pyridine rings is 1. The Kier molecular flexibility index (Phi) is 8.66. The fourth-order valence-electron chi connectivity index (χ4n) is 4.61. The molecule has 1 aliphatic rings. The molecular formula is C28H30F3N3O3. The smallest absolute Gasteiger partial charge is 0.419 e. The summed E-state index contributed by atoms with van der Waals surface area (Å²) in [7, 11) is 1.57. The van der Waals surface area contributed by atoms with Crippen molar-refractivity contribution in [2.75, 3.05) is 33.4 Å². The number of nitrogens with one attached hydrogen (secondary N) is 1. The number of para-hydroxylation sites is 1. The minimum Gasteiger partial charge on any atom is -0.497 e. The highest BCUT2D eigenvalue weighted by Crippen LogP contribution is 2.36. The normalized spacial score (nSPS) is 15.1. The van der Waals surface area contributed by atoms with E-state index >= 15 is 0 Å². The number of methoxy groups -OCH3 is 1. The fraction of sp³-hybridized carbons (Fsp3) is 0.357. The van der Waals surface area contributed by atoms with Crippen LogP contribution in [0.2, 0.25) is 0 Å². The Labute approximate surface area is 214 Å². The largest absolute Gasteiger partial charge is 0.497 e. The van der Waals surface area contributed by atoms with Crippen LogP contribution in [0.4, 0.5) is 13.2 Å². The first-order valence-electron chi connectivity index (χ1n) is 12.2. The third-order valence-corrected chi connectivity index (χ3v) is 6.44. The minimum absolute atomic E-state index is 0.0762. The first-order valence-corrected chi connectivity index (χ1v) is 12.2. The van der Waals surface area contributed by atoms with E-state index in [9.17, 15) is 18.0 Å². The van der Waals surface area contributed by atoms with Gasteiger partial charge in [0.15, 0.2) is 0 Å². The van der Waals surface area contributed by atoms with Crippen LogP contribution in [-0.2, 0) is 11.0 Å². The predicted octanol–water partition coefficient (Wildman–Crippen LogP) is 5.11. The van der Waals surface area contributed by atoms with Crippen LogP contribution in [0.3, 0.4) is 0 Å². The zero-order valence-corrected chi connectivity index (χ0v) is 20.6. The van der Waals surface area contributed by atoms with Crippen molar-refractivity contribution in [1.82, 2.24) is 15.2 Å². The van der Waals surface area contributed by atoms with Gasteiger partial charge in [0.25, 0.3) is 0 Å². The molecule has 6 nitrogen and oxygen atoms in total. The Balaban J connectivity index is 1.68. The molecule has 1 N–H and O–H groups in total. The summed E-state index contributed by atoms with van der Waals surface area (Å²) >= 11 is 0. The lowest BCUT2D eigenvalue weighted by atomic mass is 9.93. The summed E-state index contributed by atoms with van der Waals surface area (Å²) in [4.78, 5) is 20.1. The molecule has 37 heavy (non-hydrogen) atoms. The number of amides is 1. The molecule has 1 saturated heterocycles. The zero-order valence-electron chi connectivity index (χ0n) is 20.6. The second-order valence-corrected chi connectivity index (χ2v) is 8.83. The molecule has 1 fully saturated rings. The van der Waals surface area contributed by atoms with Crippen LogP contribution in [0, 0.1) is 5.92 Å². The predicted molar refractivity (Wildman–Crippen MR) is 133 cm³/mol. The number of aromatic nitrogens is 1. The maximum atomic E-state index is 13.9. The number of carbonyl (C=O) groups excluding carboxylic acids is 1. The maximum absolute atomic E-state index is 13.9. The summed E-state index contributed by atoms with van der Waals surface area (Å²) < 4.78 is 51.5. The molecule has 1 atom stereocenters. The van der Waals surface area contributed by atoms with Gasteiger partial charge in [-0.05, 0) is 67.9 Å². The summed E-state index contributed by atoms with van der Waals surface area (Å²) in [6.07, 6.45) is -1.52. The molecule has 2 heterocycles. The Hall–Kier alpha value is -3.59. The van der Waals surface area contributed by atoms with Gasteiger partial charge in [0.2, 0.25) is 5.91 Å². The van der Waals surface area contributed by atoms with Crippen molar-refractivity contribution in [3.63, 3.8) is 0 Å². The topological polar surface area (TPSA) is 63.7 Å². The van der Waals surface area contributed by atoms with Crippen molar-refractivity contribution < 1.29 is 27.4 Å². The van der Waals surface area contributed by atoms with Gasteiger partial charge in [-0.2, -0.15) is 13.2 Å². The Bertz CT molecular complexity index is 1170. The van der Waals surface area contributed by atoms with Crippen LogP contribution in [0.5, 0.6) is 11.5 Å². The quantitative estimate of drug-likeness (QED) is 0.431. The number of hydrogen-bond acceptors (Lipinski definition) is 5. The summed E-state index contributed by atoms with van der Waals surface area (Å²) in [6.45, 7) is 1.42. The third-order valence-electron chi connectivity index (χ3n) is 6.44. The van der Waals surface area contributed by atoms with E-state index in [0.717, 1.165) is 24.7 Å². The molecule has 2 aromatic carbocycles. The van der Waals surface area contributed by atoms with Crippen molar-refractivity contribution in [1.29, 1.82) is 0 Å². The van der Waals surface area contributed by atoms with Crippen LogP contribution in [-0.4, -0.2) is 49.1 Å². The Morgan fingerprint density at radius 3 is 2.54 bits per heavy atom. The molecule has 0 bridgehead atoms. The van der Waals surface area contributed by atoms with E-state index < -0.39 is 17.8 Å². The van der Waals surface area contributed by atoms with Gasteiger partial charge < -0.3 is 19.7 Å². The van der Waals surface area contributed by atoms with Crippen molar-refractivity contribution >= 4 is 5.91 Å². The zero-order chi connectivity index (χ0) is 26.3. The number of hydrogen-bond donors (Lipinski definition) is 1. The van der Waals surface area contributed by atoms with E-state index in [1.807, 2.05) is 36.4 Å². The van der Waals surface area contributed by atoms with E-state index in [1.165, 1.54) is 18.2 Å². The molecule has 3 aromatic rings. The van der Waals surface area contributed by atoms with Crippen LogP contribution < -0.4 is 14.8 Å². The van der Waals surface area contributed by atoms with E-state index in [2.05, 4.69) is 10.3 Å². The van der Waals surface area contributed by atoms with E-state index in [-0.39, 0.29) is 30.7 Å². The van der Waals surface area contributed by atoms with Gasteiger partial charge in [-0.3, -0.25) is 9.78 Å². The SMILES string of the molecule is COc1cccc(C(c2ccccn2)N(CCOc2ccccc2C(F)(F)F)C(=O)C2CCNCC2)c1. The number of halogens is 3. The number of nitrogens with zero attached hydrogens (tertiary/aromatic N) is 2. The molecule has 1 amide bonds. The van der Waals surface area contributed by atoms with Gasteiger partial charge in [0.05, 0.1) is 31.0 Å². The molecule has 1 unspecified atom stereocenters. The molecule has 0 saturated carbocycles.